The van der Waals surface area contributed by atoms with E-state index < -0.39 is 12.1 Å². The van der Waals surface area contributed by atoms with E-state index in [1.165, 1.54) is 4.90 Å². The lowest BCUT2D eigenvalue weighted by molar-refractivity contribution is -0.136. The van der Waals surface area contributed by atoms with Crippen LogP contribution in [0.4, 0.5) is 4.79 Å². The predicted octanol–water partition coefficient (Wildman–Crippen LogP) is 3.21. The third kappa shape index (κ3) is 8.60. The summed E-state index contributed by atoms with van der Waals surface area (Å²) in [5.74, 6) is -0.241. The molecule has 1 aliphatic heterocycles. The number of carbonyl (C=O) groups is 2. The Labute approximate surface area is 212 Å². The molecule has 9 nitrogen and oxygen atoms in total. The fraction of sp³-hybridized carbons (Fsp3) is 0.481. The van der Waals surface area contributed by atoms with Crippen molar-refractivity contribution >= 4 is 12.0 Å². The number of benzene rings is 2. The molecule has 2 atom stereocenters. The summed E-state index contributed by atoms with van der Waals surface area (Å²) in [6, 6.07) is 17.4. The first-order chi connectivity index (χ1) is 17.6. The van der Waals surface area contributed by atoms with Crippen molar-refractivity contribution in [3.05, 3.63) is 71.8 Å². The van der Waals surface area contributed by atoms with Crippen molar-refractivity contribution in [1.82, 2.24) is 9.80 Å². The highest BCUT2D eigenvalue weighted by Crippen LogP contribution is 2.28. The van der Waals surface area contributed by atoms with Crippen LogP contribution in [0.25, 0.3) is 0 Å². The van der Waals surface area contributed by atoms with Crippen molar-refractivity contribution in [3.8, 4) is 0 Å². The minimum absolute atomic E-state index is 0.112. The van der Waals surface area contributed by atoms with Gasteiger partial charge in [0, 0.05) is 20.2 Å². The number of rotatable bonds is 15. The molecule has 0 saturated carbocycles. The Morgan fingerprint density at radius 2 is 1.56 bits per heavy atom. The number of hydrogen-bond acceptors (Lipinski definition) is 6. The van der Waals surface area contributed by atoms with E-state index in [2.05, 4.69) is 0 Å². The van der Waals surface area contributed by atoms with Crippen molar-refractivity contribution in [3.63, 3.8) is 0 Å². The first-order valence-electron chi connectivity index (χ1n) is 12.2. The van der Waals surface area contributed by atoms with Gasteiger partial charge in [-0.15, -0.1) is 0 Å². The van der Waals surface area contributed by atoms with E-state index in [-0.39, 0.29) is 18.6 Å². The molecular weight excluding hydrogens is 464 g/mol. The van der Waals surface area contributed by atoms with E-state index in [4.69, 9.17) is 18.9 Å². The fourth-order valence-corrected chi connectivity index (χ4v) is 4.12. The Bertz CT molecular complexity index is 913. The molecule has 9 heteroatoms. The summed E-state index contributed by atoms with van der Waals surface area (Å²) in [4.78, 5) is 28.9. The summed E-state index contributed by atoms with van der Waals surface area (Å²) in [6.45, 7) is 3.98. The zero-order chi connectivity index (χ0) is 25.6. The van der Waals surface area contributed by atoms with Gasteiger partial charge in [0.2, 0.25) is 5.91 Å². The van der Waals surface area contributed by atoms with Gasteiger partial charge in [0.1, 0.15) is 6.04 Å². The maximum atomic E-state index is 13.7. The first kappa shape index (κ1) is 27.6. The van der Waals surface area contributed by atoms with E-state index in [1.54, 1.807) is 24.1 Å². The number of amides is 2. The van der Waals surface area contributed by atoms with Gasteiger partial charge in [-0.1, -0.05) is 60.7 Å². The van der Waals surface area contributed by atoms with Crippen molar-refractivity contribution in [2.45, 2.75) is 25.1 Å². The SMILES string of the molecule is COCCOCCOCCO[C@H]1CCN(C(=O)[C@H](c2ccccc2)N(Cc2ccccc2)C(=O)O)C1. The van der Waals surface area contributed by atoms with Gasteiger partial charge in [0.05, 0.1) is 52.3 Å². The first-order valence-corrected chi connectivity index (χ1v) is 12.2. The molecule has 0 unspecified atom stereocenters. The maximum Gasteiger partial charge on any atom is 0.408 e. The van der Waals surface area contributed by atoms with Crippen LogP contribution in [0, 0.1) is 0 Å². The minimum atomic E-state index is -1.14. The number of carboxylic acid groups (broad SMARTS) is 1. The standard InChI is InChI=1S/C27H36N2O7/c1-33-14-15-34-16-17-35-18-19-36-24-12-13-28(21-24)26(30)25(23-10-6-3-7-11-23)29(27(31)32)20-22-8-4-2-5-9-22/h2-11,24-25H,12-21H2,1H3,(H,31,32)/t24-,25-/m0/s1. The molecular formula is C27H36N2O7. The van der Waals surface area contributed by atoms with Gasteiger partial charge >= 0.3 is 6.09 Å². The predicted molar refractivity (Wildman–Crippen MR) is 134 cm³/mol. The summed E-state index contributed by atoms with van der Waals surface area (Å²) in [5.41, 5.74) is 1.46. The molecule has 0 bridgehead atoms. The molecule has 0 aliphatic carbocycles. The zero-order valence-corrected chi connectivity index (χ0v) is 20.8. The number of methoxy groups -OCH3 is 1. The van der Waals surface area contributed by atoms with Gasteiger partial charge in [0.15, 0.2) is 0 Å². The molecule has 2 amide bonds. The van der Waals surface area contributed by atoms with Gasteiger partial charge in [-0.05, 0) is 17.5 Å². The van der Waals surface area contributed by atoms with Crippen molar-refractivity contribution in [2.24, 2.45) is 0 Å². The zero-order valence-electron chi connectivity index (χ0n) is 20.8. The van der Waals surface area contributed by atoms with Gasteiger partial charge in [-0.2, -0.15) is 0 Å². The molecule has 0 aromatic heterocycles. The molecule has 1 saturated heterocycles. The lowest BCUT2D eigenvalue weighted by Crippen LogP contribution is -2.44. The normalized spacial score (nSPS) is 16.1. The number of hydrogen-bond donors (Lipinski definition) is 1. The maximum absolute atomic E-state index is 13.7. The van der Waals surface area contributed by atoms with Crippen LogP contribution in [-0.2, 0) is 30.3 Å². The summed E-state index contributed by atoms with van der Waals surface area (Å²) in [5, 5.41) is 10.1. The van der Waals surface area contributed by atoms with Crippen LogP contribution in [0.3, 0.4) is 0 Å². The van der Waals surface area contributed by atoms with Crippen molar-refractivity contribution in [2.75, 3.05) is 59.8 Å². The molecule has 0 spiro atoms. The smallest absolute Gasteiger partial charge is 0.408 e. The lowest BCUT2D eigenvalue weighted by atomic mass is 10.0. The minimum Gasteiger partial charge on any atom is -0.465 e. The van der Waals surface area contributed by atoms with Crippen LogP contribution in [0.2, 0.25) is 0 Å². The van der Waals surface area contributed by atoms with E-state index in [1.807, 2.05) is 48.5 Å². The summed E-state index contributed by atoms with van der Waals surface area (Å²) in [6.07, 6.45) is -0.560. The number of nitrogens with zero attached hydrogens (tertiary/aromatic N) is 2. The Kier molecular flexibility index (Phi) is 11.7. The second-order valence-electron chi connectivity index (χ2n) is 8.49. The second-order valence-corrected chi connectivity index (χ2v) is 8.49. The molecule has 36 heavy (non-hydrogen) atoms. The molecule has 1 heterocycles. The molecule has 196 valence electrons. The Morgan fingerprint density at radius 1 is 0.944 bits per heavy atom. The third-order valence-corrected chi connectivity index (χ3v) is 5.94. The molecule has 1 aliphatic rings. The summed E-state index contributed by atoms with van der Waals surface area (Å²) >= 11 is 0. The molecule has 0 radical (unpaired) electrons. The van der Waals surface area contributed by atoms with E-state index in [0.717, 1.165) is 5.56 Å². The topological polar surface area (TPSA) is 97.8 Å². The lowest BCUT2D eigenvalue weighted by Gasteiger charge is -2.32. The van der Waals surface area contributed by atoms with Crippen LogP contribution in [-0.4, -0.2) is 92.9 Å². The average Bonchev–Trinajstić information content (AvgIpc) is 3.37. The van der Waals surface area contributed by atoms with Gasteiger partial charge in [0.25, 0.3) is 0 Å². The Morgan fingerprint density at radius 3 is 2.19 bits per heavy atom. The number of carbonyl (C=O) groups excluding carboxylic acids is 1. The average molecular weight is 501 g/mol. The van der Waals surface area contributed by atoms with Gasteiger partial charge in [-0.25, -0.2) is 4.79 Å². The molecule has 1 N–H and O–H groups in total. The number of ether oxygens (including phenoxy) is 4. The van der Waals surface area contributed by atoms with Crippen LogP contribution >= 0.6 is 0 Å². The van der Waals surface area contributed by atoms with Crippen LogP contribution in [0.15, 0.2) is 60.7 Å². The molecule has 1 fully saturated rings. The van der Waals surface area contributed by atoms with Crippen LogP contribution in [0.5, 0.6) is 0 Å². The molecule has 2 aromatic rings. The highest BCUT2D eigenvalue weighted by Gasteiger charge is 2.37. The Balaban J connectivity index is 1.55. The quantitative estimate of drug-likeness (QED) is 0.375. The Hall–Kier alpha value is -2.98. The van der Waals surface area contributed by atoms with E-state index in [0.29, 0.717) is 64.7 Å². The fourth-order valence-electron chi connectivity index (χ4n) is 4.12. The molecule has 2 aromatic carbocycles. The van der Waals surface area contributed by atoms with E-state index >= 15 is 0 Å². The van der Waals surface area contributed by atoms with Crippen LogP contribution in [0.1, 0.15) is 23.6 Å². The third-order valence-electron chi connectivity index (χ3n) is 5.94. The highest BCUT2D eigenvalue weighted by atomic mass is 16.6. The van der Waals surface area contributed by atoms with Crippen molar-refractivity contribution in [1.29, 1.82) is 0 Å². The summed E-state index contributed by atoms with van der Waals surface area (Å²) in [7, 11) is 1.63. The number of likely N-dealkylation sites (tertiary alicyclic amines) is 1. The monoisotopic (exact) mass is 500 g/mol. The van der Waals surface area contributed by atoms with E-state index in [9.17, 15) is 14.7 Å². The van der Waals surface area contributed by atoms with Crippen molar-refractivity contribution < 1.29 is 33.6 Å². The molecule has 3 rings (SSSR count). The van der Waals surface area contributed by atoms with Gasteiger partial charge in [-0.3, -0.25) is 9.69 Å². The summed E-state index contributed by atoms with van der Waals surface area (Å²) < 4.78 is 21.7. The second kappa shape index (κ2) is 15.2. The van der Waals surface area contributed by atoms with Gasteiger partial charge < -0.3 is 29.0 Å². The largest absolute Gasteiger partial charge is 0.465 e. The highest BCUT2D eigenvalue weighted by molar-refractivity contribution is 5.87. The van der Waals surface area contributed by atoms with Crippen LogP contribution < -0.4 is 0 Å².